The molecule has 8 heteroatoms. The fourth-order valence-electron chi connectivity index (χ4n) is 2.69. The molecule has 0 atom stereocenters. The molecule has 7 nitrogen and oxygen atoms in total. The highest BCUT2D eigenvalue weighted by Crippen LogP contribution is 2.28. The molecule has 2 heterocycles. The van der Waals surface area contributed by atoms with Crippen molar-refractivity contribution < 1.29 is 22.5 Å². The van der Waals surface area contributed by atoms with Gasteiger partial charge in [0.1, 0.15) is 0 Å². The standard InChI is InChI=1S/C17H28N2O5S/c1-16(2,3)13-10-14(24-19-13)18-15(20)17(4,5)11-25(21,22)12-6-8-23-9-7-12/h10,12H,6-9,11H2,1-5H3,(H,18,20). The van der Waals surface area contributed by atoms with Crippen LogP contribution in [0, 0.1) is 5.41 Å². The average molecular weight is 372 g/mol. The van der Waals surface area contributed by atoms with Crippen molar-refractivity contribution in [2.45, 2.75) is 58.1 Å². The molecule has 1 aromatic rings. The number of amides is 1. The number of carbonyl (C=O) groups is 1. The minimum Gasteiger partial charge on any atom is -0.381 e. The number of sulfone groups is 1. The molecule has 1 amide bonds. The van der Waals surface area contributed by atoms with E-state index < -0.39 is 26.4 Å². The summed E-state index contributed by atoms with van der Waals surface area (Å²) in [5.41, 5.74) is -0.560. The molecule has 0 radical (unpaired) electrons. The molecule has 1 saturated heterocycles. The number of carbonyl (C=O) groups excluding carboxylic acids is 1. The molecular formula is C17H28N2O5S. The van der Waals surface area contributed by atoms with Gasteiger partial charge in [0.2, 0.25) is 11.8 Å². The molecule has 0 aliphatic carbocycles. The van der Waals surface area contributed by atoms with Gasteiger partial charge in [-0.15, -0.1) is 0 Å². The number of anilines is 1. The summed E-state index contributed by atoms with van der Waals surface area (Å²) in [6.45, 7) is 10.1. The number of nitrogens with one attached hydrogen (secondary N) is 1. The number of ether oxygens (including phenoxy) is 1. The van der Waals surface area contributed by atoms with Crippen LogP contribution in [0.5, 0.6) is 0 Å². The number of nitrogens with zero attached hydrogens (tertiary/aromatic N) is 1. The van der Waals surface area contributed by atoms with Crippen LogP contribution in [-0.4, -0.2) is 43.7 Å². The van der Waals surface area contributed by atoms with Crippen molar-refractivity contribution in [2.24, 2.45) is 5.41 Å². The lowest BCUT2D eigenvalue weighted by molar-refractivity contribution is -0.123. The lowest BCUT2D eigenvalue weighted by Gasteiger charge is -2.27. The number of hydrogen-bond donors (Lipinski definition) is 1. The summed E-state index contributed by atoms with van der Waals surface area (Å²) < 4.78 is 35.6. The maximum absolute atomic E-state index is 12.6. The highest BCUT2D eigenvalue weighted by atomic mass is 32.2. The van der Waals surface area contributed by atoms with E-state index in [2.05, 4.69) is 10.5 Å². The lowest BCUT2D eigenvalue weighted by atomic mass is 9.92. The van der Waals surface area contributed by atoms with Crippen molar-refractivity contribution in [1.82, 2.24) is 5.16 Å². The fraction of sp³-hybridized carbons (Fsp3) is 0.765. The third-order valence-electron chi connectivity index (χ3n) is 4.37. The van der Waals surface area contributed by atoms with Crippen molar-refractivity contribution in [2.75, 3.05) is 24.3 Å². The largest absolute Gasteiger partial charge is 0.381 e. The van der Waals surface area contributed by atoms with Crippen LogP contribution in [0.4, 0.5) is 5.88 Å². The Bertz CT molecular complexity index is 710. The van der Waals surface area contributed by atoms with Gasteiger partial charge in [-0.1, -0.05) is 39.8 Å². The summed E-state index contributed by atoms with van der Waals surface area (Å²) >= 11 is 0. The zero-order valence-electron chi connectivity index (χ0n) is 15.6. The molecule has 0 aromatic carbocycles. The summed E-state index contributed by atoms with van der Waals surface area (Å²) in [5, 5.41) is 6.15. The zero-order valence-corrected chi connectivity index (χ0v) is 16.4. The van der Waals surface area contributed by atoms with Crippen LogP contribution in [0.15, 0.2) is 10.6 Å². The summed E-state index contributed by atoms with van der Waals surface area (Å²) in [5.74, 6) is -0.386. The molecule has 1 aliphatic rings. The SMILES string of the molecule is CC(C)(CS(=O)(=O)C1CCOCC1)C(=O)Nc1cc(C(C)(C)C)no1. The highest BCUT2D eigenvalue weighted by Gasteiger charge is 2.38. The van der Waals surface area contributed by atoms with Crippen LogP contribution in [0.3, 0.4) is 0 Å². The van der Waals surface area contributed by atoms with E-state index in [1.807, 2.05) is 20.8 Å². The molecule has 142 valence electrons. The number of hydrogen-bond acceptors (Lipinski definition) is 6. The van der Waals surface area contributed by atoms with Crippen molar-refractivity contribution in [1.29, 1.82) is 0 Å². The topological polar surface area (TPSA) is 98.5 Å². The van der Waals surface area contributed by atoms with E-state index in [0.717, 1.165) is 5.69 Å². The molecule has 0 saturated carbocycles. The predicted molar refractivity (Wildman–Crippen MR) is 95.2 cm³/mol. The van der Waals surface area contributed by atoms with Gasteiger partial charge in [0, 0.05) is 24.7 Å². The Kier molecular flexibility index (Phi) is 5.63. The first-order valence-electron chi connectivity index (χ1n) is 8.50. The van der Waals surface area contributed by atoms with Crippen LogP contribution in [-0.2, 0) is 24.8 Å². The molecule has 1 aliphatic heterocycles. The van der Waals surface area contributed by atoms with Crippen molar-refractivity contribution in [3.05, 3.63) is 11.8 Å². The molecule has 1 aromatic heterocycles. The second-order valence-corrected chi connectivity index (χ2v) is 10.6. The Morgan fingerprint density at radius 1 is 1.24 bits per heavy atom. The van der Waals surface area contributed by atoms with Gasteiger partial charge in [-0.25, -0.2) is 8.42 Å². The molecular weight excluding hydrogens is 344 g/mol. The Labute approximate surface area is 149 Å². The summed E-state index contributed by atoms with van der Waals surface area (Å²) in [7, 11) is -3.38. The van der Waals surface area contributed by atoms with Gasteiger partial charge >= 0.3 is 0 Å². The Morgan fingerprint density at radius 3 is 2.36 bits per heavy atom. The van der Waals surface area contributed by atoms with Crippen LogP contribution >= 0.6 is 0 Å². The van der Waals surface area contributed by atoms with E-state index in [1.54, 1.807) is 19.9 Å². The minimum absolute atomic E-state index is 0.200. The van der Waals surface area contributed by atoms with Gasteiger partial charge in [0.15, 0.2) is 9.84 Å². The molecule has 2 rings (SSSR count). The van der Waals surface area contributed by atoms with E-state index in [4.69, 9.17) is 9.26 Å². The summed E-state index contributed by atoms with van der Waals surface area (Å²) in [6, 6.07) is 1.67. The molecule has 1 fully saturated rings. The normalized spacial score (nSPS) is 17.5. The van der Waals surface area contributed by atoms with E-state index in [0.29, 0.717) is 26.1 Å². The van der Waals surface area contributed by atoms with Gasteiger partial charge in [0.25, 0.3) is 0 Å². The molecule has 0 spiro atoms. The van der Waals surface area contributed by atoms with Crippen molar-refractivity contribution in [3.63, 3.8) is 0 Å². The zero-order chi connectivity index (χ0) is 18.9. The third kappa shape index (κ3) is 5.04. The second-order valence-electron chi connectivity index (χ2n) is 8.28. The Morgan fingerprint density at radius 2 is 1.84 bits per heavy atom. The van der Waals surface area contributed by atoms with E-state index >= 15 is 0 Å². The number of aromatic nitrogens is 1. The van der Waals surface area contributed by atoms with Crippen molar-refractivity contribution in [3.8, 4) is 0 Å². The van der Waals surface area contributed by atoms with Crippen LogP contribution < -0.4 is 5.32 Å². The van der Waals surface area contributed by atoms with E-state index in [1.165, 1.54) is 0 Å². The number of rotatable bonds is 5. The molecule has 0 unspecified atom stereocenters. The van der Waals surface area contributed by atoms with Gasteiger partial charge in [0.05, 0.1) is 22.1 Å². The van der Waals surface area contributed by atoms with Gasteiger partial charge in [-0.3, -0.25) is 10.1 Å². The minimum atomic E-state index is -3.38. The predicted octanol–water partition coefficient (Wildman–Crippen LogP) is 2.53. The Hall–Kier alpha value is -1.41. The van der Waals surface area contributed by atoms with Crippen LogP contribution in [0.2, 0.25) is 0 Å². The summed E-state index contributed by atoms with van der Waals surface area (Å²) in [4.78, 5) is 12.6. The van der Waals surface area contributed by atoms with Gasteiger partial charge < -0.3 is 9.26 Å². The maximum Gasteiger partial charge on any atom is 0.233 e. The van der Waals surface area contributed by atoms with Gasteiger partial charge in [-0.2, -0.15) is 0 Å². The monoisotopic (exact) mass is 372 g/mol. The second kappa shape index (κ2) is 7.07. The van der Waals surface area contributed by atoms with Gasteiger partial charge in [-0.05, 0) is 12.8 Å². The first kappa shape index (κ1) is 19.9. The van der Waals surface area contributed by atoms with E-state index in [-0.39, 0.29) is 17.1 Å². The smallest absolute Gasteiger partial charge is 0.233 e. The highest BCUT2D eigenvalue weighted by molar-refractivity contribution is 7.92. The lowest BCUT2D eigenvalue weighted by Crippen LogP contribution is -2.41. The van der Waals surface area contributed by atoms with Crippen molar-refractivity contribution >= 4 is 21.6 Å². The molecule has 25 heavy (non-hydrogen) atoms. The average Bonchev–Trinajstić information content (AvgIpc) is 2.96. The molecule has 1 N–H and O–H groups in total. The van der Waals surface area contributed by atoms with Crippen LogP contribution in [0.1, 0.15) is 53.2 Å². The third-order valence-corrected chi connectivity index (χ3v) is 6.98. The van der Waals surface area contributed by atoms with E-state index in [9.17, 15) is 13.2 Å². The van der Waals surface area contributed by atoms with Crippen LogP contribution in [0.25, 0.3) is 0 Å². The quantitative estimate of drug-likeness (QED) is 0.853. The maximum atomic E-state index is 12.6. The molecule has 0 bridgehead atoms. The summed E-state index contributed by atoms with van der Waals surface area (Å²) in [6.07, 6.45) is 0.966. The first-order chi connectivity index (χ1) is 11.4. The first-order valence-corrected chi connectivity index (χ1v) is 10.2. The Balaban J connectivity index is 2.05. The fourth-order valence-corrected chi connectivity index (χ4v) is 4.97.